The van der Waals surface area contributed by atoms with Crippen LogP contribution in [0.15, 0.2) is 78.4 Å². The van der Waals surface area contributed by atoms with E-state index in [1.807, 2.05) is 0 Å². The van der Waals surface area contributed by atoms with Gasteiger partial charge in [0.05, 0.1) is 0 Å². The van der Waals surface area contributed by atoms with E-state index in [1.165, 1.54) is 33.4 Å². The summed E-state index contributed by atoms with van der Waals surface area (Å²) in [5.74, 6) is 0. The summed E-state index contributed by atoms with van der Waals surface area (Å²) in [4.78, 5) is 0. The third-order valence-corrected chi connectivity index (χ3v) is 5.54. The molecule has 138 valence electrons. The molecule has 0 spiro atoms. The van der Waals surface area contributed by atoms with Crippen molar-refractivity contribution in [1.82, 2.24) is 0 Å². The van der Waals surface area contributed by atoms with Crippen molar-refractivity contribution in [3.05, 3.63) is 95.1 Å². The molecule has 2 aromatic carbocycles. The molecular formula is C24H24Cl2Zr. The molecule has 0 amide bonds. The van der Waals surface area contributed by atoms with Crippen molar-refractivity contribution in [3.63, 3.8) is 0 Å². The smallest absolute Gasteiger partial charge is 1.00 e. The molecule has 0 N–H and O–H groups in total. The van der Waals surface area contributed by atoms with Crippen molar-refractivity contribution in [1.29, 1.82) is 0 Å². The molecule has 27 heavy (non-hydrogen) atoms. The Labute approximate surface area is 194 Å². The van der Waals surface area contributed by atoms with Crippen LogP contribution in [0.5, 0.6) is 0 Å². The number of halogens is 2. The molecule has 2 aliphatic rings. The third kappa shape index (κ3) is 4.26. The second-order valence-electron chi connectivity index (χ2n) is 7.00. The molecule has 1 unspecified atom stereocenters. The van der Waals surface area contributed by atoms with Crippen molar-refractivity contribution in [2.75, 3.05) is 0 Å². The van der Waals surface area contributed by atoms with Crippen LogP contribution >= 0.6 is 0 Å². The van der Waals surface area contributed by atoms with Gasteiger partial charge < -0.3 is 24.8 Å². The molecule has 0 bridgehead atoms. The summed E-state index contributed by atoms with van der Waals surface area (Å²) >= 11 is 0. The topological polar surface area (TPSA) is 0 Å². The first kappa shape index (κ1) is 24.2. The van der Waals surface area contributed by atoms with Gasteiger partial charge in [0.25, 0.3) is 0 Å². The molecule has 0 fully saturated rings. The van der Waals surface area contributed by atoms with Crippen LogP contribution in [-0.2, 0) is 38.0 Å². The van der Waals surface area contributed by atoms with Crippen LogP contribution in [0.4, 0.5) is 0 Å². The van der Waals surface area contributed by atoms with E-state index in [4.69, 9.17) is 0 Å². The van der Waals surface area contributed by atoms with E-state index in [2.05, 4.69) is 86.7 Å². The number of rotatable bonds is 4. The Morgan fingerprint density at radius 3 is 2.44 bits per heavy atom. The summed E-state index contributed by atoms with van der Waals surface area (Å²) in [6.45, 7) is 4.60. The van der Waals surface area contributed by atoms with E-state index >= 15 is 0 Å². The maximum absolute atomic E-state index is 2.42. The Bertz CT molecular complexity index is 880. The van der Waals surface area contributed by atoms with E-state index in [0.29, 0.717) is 0 Å². The van der Waals surface area contributed by atoms with Crippen LogP contribution in [0.1, 0.15) is 43.4 Å². The predicted molar refractivity (Wildman–Crippen MR) is 103 cm³/mol. The molecule has 4 rings (SSSR count). The predicted octanol–water partition coefficient (Wildman–Crippen LogP) is 0.374. The fourth-order valence-corrected chi connectivity index (χ4v) is 4.20. The zero-order valence-electron chi connectivity index (χ0n) is 15.8. The SMILES string of the molecule is CCC=CC(C)(C1=CC=CC1)c1cccc2c1Cc1ccccc1-2.[Cl-].[Cl-].[Zr+2]. The normalized spacial score (nSPS) is 15.7. The van der Waals surface area contributed by atoms with Crippen LogP contribution in [0.3, 0.4) is 0 Å². The molecule has 0 nitrogen and oxygen atoms in total. The maximum atomic E-state index is 2.42. The van der Waals surface area contributed by atoms with Gasteiger partial charge in [-0.05, 0) is 54.0 Å². The standard InChI is InChI=1S/C24H24.2ClH.Zr/c1-3-4-16-24(2,19-11-6-7-12-19)23-15-9-14-21-20-13-8-5-10-18(20)17-22(21)23;;;/h4-11,13-16H,3,12,17H2,1-2H3;2*1H;/q;;;+2/p-2. The van der Waals surface area contributed by atoms with Gasteiger partial charge in [-0.25, -0.2) is 0 Å². The summed E-state index contributed by atoms with van der Waals surface area (Å²) < 4.78 is 0. The first-order valence-corrected chi connectivity index (χ1v) is 8.98. The summed E-state index contributed by atoms with van der Waals surface area (Å²) in [5, 5.41) is 0. The van der Waals surface area contributed by atoms with Gasteiger partial charge >= 0.3 is 26.2 Å². The Kier molecular flexibility index (Phi) is 9.00. The average molecular weight is 475 g/mol. The van der Waals surface area contributed by atoms with Gasteiger partial charge in [-0.2, -0.15) is 0 Å². The molecule has 1 atom stereocenters. The monoisotopic (exact) mass is 472 g/mol. The number of hydrogen-bond acceptors (Lipinski definition) is 0. The Hall–Kier alpha value is -0.877. The van der Waals surface area contributed by atoms with Crippen molar-refractivity contribution in [2.24, 2.45) is 0 Å². The van der Waals surface area contributed by atoms with Crippen molar-refractivity contribution in [2.45, 2.75) is 38.5 Å². The minimum Gasteiger partial charge on any atom is -1.00 e. The Morgan fingerprint density at radius 1 is 1.00 bits per heavy atom. The van der Waals surface area contributed by atoms with E-state index in [1.54, 1.807) is 0 Å². The zero-order chi connectivity index (χ0) is 16.6. The van der Waals surface area contributed by atoms with Crippen LogP contribution < -0.4 is 24.8 Å². The first-order valence-electron chi connectivity index (χ1n) is 8.98. The van der Waals surface area contributed by atoms with Gasteiger partial charge in [0.1, 0.15) is 0 Å². The first-order chi connectivity index (χ1) is 11.7. The molecule has 2 aliphatic carbocycles. The van der Waals surface area contributed by atoms with Gasteiger partial charge in [-0.3, -0.25) is 0 Å². The van der Waals surface area contributed by atoms with Gasteiger partial charge in [0.2, 0.25) is 0 Å². The second kappa shape index (κ2) is 10.1. The molecule has 2 aromatic rings. The maximum Gasteiger partial charge on any atom is 2.00 e. The van der Waals surface area contributed by atoms with Crippen molar-refractivity contribution < 1.29 is 51.0 Å². The number of hydrogen-bond donors (Lipinski definition) is 0. The molecule has 0 aromatic heterocycles. The molecule has 0 aliphatic heterocycles. The number of benzene rings is 2. The van der Waals surface area contributed by atoms with E-state index in [0.717, 1.165) is 19.3 Å². The molecule has 3 heteroatoms. The third-order valence-electron chi connectivity index (χ3n) is 5.54. The summed E-state index contributed by atoms with van der Waals surface area (Å²) in [5.41, 5.74) is 8.75. The van der Waals surface area contributed by atoms with Gasteiger partial charge in [0, 0.05) is 5.41 Å². The van der Waals surface area contributed by atoms with E-state index in [-0.39, 0.29) is 56.4 Å². The molecule has 0 saturated carbocycles. The zero-order valence-corrected chi connectivity index (χ0v) is 19.8. The number of fused-ring (bicyclic) bond motifs is 3. The van der Waals surface area contributed by atoms with Crippen LogP contribution in [0.25, 0.3) is 11.1 Å². The minimum atomic E-state index is -0.0209. The van der Waals surface area contributed by atoms with Gasteiger partial charge in [-0.1, -0.05) is 85.3 Å². The fourth-order valence-electron chi connectivity index (χ4n) is 4.20. The Balaban J connectivity index is 0.00000121. The van der Waals surface area contributed by atoms with Crippen molar-refractivity contribution in [3.8, 4) is 11.1 Å². The molecule has 0 radical (unpaired) electrons. The summed E-state index contributed by atoms with van der Waals surface area (Å²) in [6, 6.07) is 15.7. The van der Waals surface area contributed by atoms with Gasteiger partial charge in [-0.15, -0.1) is 0 Å². The molecule has 0 heterocycles. The van der Waals surface area contributed by atoms with E-state index < -0.39 is 0 Å². The van der Waals surface area contributed by atoms with Crippen LogP contribution in [0, 0.1) is 0 Å². The van der Waals surface area contributed by atoms with Gasteiger partial charge in [0.15, 0.2) is 0 Å². The summed E-state index contributed by atoms with van der Waals surface area (Å²) in [7, 11) is 0. The van der Waals surface area contributed by atoms with Crippen LogP contribution in [-0.4, -0.2) is 0 Å². The van der Waals surface area contributed by atoms with Crippen molar-refractivity contribution >= 4 is 0 Å². The molecule has 0 saturated heterocycles. The summed E-state index contributed by atoms with van der Waals surface area (Å²) in [6.07, 6.45) is 14.7. The Morgan fingerprint density at radius 2 is 1.74 bits per heavy atom. The average Bonchev–Trinajstić information content (AvgIpc) is 3.27. The largest absolute Gasteiger partial charge is 2.00 e. The van der Waals surface area contributed by atoms with Crippen LogP contribution in [0.2, 0.25) is 0 Å². The van der Waals surface area contributed by atoms with E-state index in [9.17, 15) is 0 Å². The quantitative estimate of drug-likeness (QED) is 0.480. The minimum absolute atomic E-state index is 0. The molecular weight excluding hydrogens is 450 g/mol. The fraction of sp³-hybridized carbons (Fsp3) is 0.250. The second-order valence-corrected chi connectivity index (χ2v) is 7.00. The number of allylic oxidation sites excluding steroid dienone is 6.